The van der Waals surface area contributed by atoms with Crippen molar-refractivity contribution >= 4 is 11.9 Å². The second kappa shape index (κ2) is 7.00. The standard InChI is InChI=1S/C10H16O5/c1-7(2-4-9(12)13)6-8(11)3-5-10(14)15/h6,8,11H,2-5H2,1H3,(H,12,13)(H,14,15). The van der Waals surface area contributed by atoms with Crippen LogP contribution in [0.1, 0.15) is 32.6 Å². The van der Waals surface area contributed by atoms with Crippen LogP contribution in [-0.4, -0.2) is 33.4 Å². The van der Waals surface area contributed by atoms with E-state index < -0.39 is 18.0 Å². The van der Waals surface area contributed by atoms with Crippen LogP contribution < -0.4 is 0 Å². The predicted molar refractivity (Wildman–Crippen MR) is 53.5 cm³/mol. The Balaban J connectivity index is 3.88. The highest BCUT2D eigenvalue weighted by molar-refractivity contribution is 5.67. The molecule has 1 atom stereocenters. The molecule has 0 spiro atoms. The minimum atomic E-state index is -0.953. The Morgan fingerprint density at radius 2 is 1.67 bits per heavy atom. The fourth-order valence-electron chi connectivity index (χ4n) is 1.07. The number of aliphatic carboxylic acids is 2. The normalized spacial score (nSPS) is 13.6. The van der Waals surface area contributed by atoms with Gasteiger partial charge in [-0.15, -0.1) is 0 Å². The number of aliphatic hydroxyl groups is 1. The lowest BCUT2D eigenvalue weighted by Crippen LogP contribution is -2.07. The Hall–Kier alpha value is -1.36. The van der Waals surface area contributed by atoms with Gasteiger partial charge in [-0.2, -0.15) is 0 Å². The van der Waals surface area contributed by atoms with Gasteiger partial charge in [0.25, 0.3) is 0 Å². The minimum absolute atomic E-state index is 0.0218. The third kappa shape index (κ3) is 8.96. The highest BCUT2D eigenvalue weighted by Crippen LogP contribution is 2.08. The summed E-state index contributed by atoms with van der Waals surface area (Å²) in [4.78, 5) is 20.4. The van der Waals surface area contributed by atoms with E-state index in [1.807, 2.05) is 0 Å². The van der Waals surface area contributed by atoms with Gasteiger partial charge in [-0.3, -0.25) is 9.59 Å². The van der Waals surface area contributed by atoms with Crippen LogP contribution >= 0.6 is 0 Å². The summed E-state index contributed by atoms with van der Waals surface area (Å²) in [5, 5.41) is 26.1. The summed E-state index contributed by atoms with van der Waals surface area (Å²) >= 11 is 0. The molecule has 0 aromatic heterocycles. The van der Waals surface area contributed by atoms with Gasteiger partial charge in [-0.25, -0.2) is 0 Å². The summed E-state index contributed by atoms with van der Waals surface area (Å²) in [6, 6.07) is 0. The van der Waals surface area contributed by atoms with Crippen molar-refractivity contribution in [3.05, 3.63) is 11.6 Å². The average Bonchev–Trinajstić information content (AvgIpc) is 2.11. The van der Waals surface area contributed by atoms with Crippen molar-refractivity contribution in [1.82, 2.24) is 0 Å². The zero-order valence-electron chi connectivity index (χ0n) is 8.64. The predicted octanol–water partition coefficient (Wildman–Crippen LogP) is 1.02. The van der Waals surface area contributed by atoms with Crippen molar-refractivity contribution in [3.8, 4) is 0 Å². The summed E-state index contributed by atoms with van der Waals surface area (Å²) in [5.41, 5.74) is 0.760. The minimum Gasteiger partial charge on any atom is -0.481 e. The number of carboxylic acid groups (broad SMARTS) is 2. The molecule has 0 saturated heterocycles. The van der Waals surface area contributed by atoms with E-state index in [4.69, 9.17) is 10.2 Å². The molecule has 0 amide bonds. The summed E-state index contributed by atoms with van der Waals surface area (Å²) in [6.07, 6.45) is 1.15. The average molecular weight is 216 g/mol. The molecule has 0 aliphatic carbocycles. The molecule has 5 nitrogen and oxygen atoms in total. The van der Waals surface area contributed by atoms with E-state index >= 15 is 0 Å². The van der Waals surface area contributed by atoms with Crippen molar-refractivity contribution in [3.63, 3.8) is 0 Å². The Bertz CT molecular complexity index is 257. The number of allylic oxidation sites excluding steroid dienone is 1. The molecule has 0 aromatic rings. The summed E-state index contributed by atoms with van der Waals surface area (Å²) in [7, 11) is 0. The second-order valence-corrected chi connectivity index (χ2v) is 3.41. The molecule has 0 aliphatic rings. The van der Waals surface area contributed by atoms with Crippen molar-refractivity contribution in [2.24, 2.45) is 0 Å². The van der Waals surface area contributed by atoms with Gasteiger partial charge in [0.15, 0.2) is 0 Å². The van der Waals surface area contributed by atoms with Crippen molar-refractivity contribution < 1.29 is 24.9 Å². The number of hydrogen-bond donors (Lipinski definition) is 3. The molecule has 0 radical (unpaired) electrons. The zero-order valence-corrected chi connectivity index (χ0v) is 8.64. The number of carboxylic acids is 2. The Morgan fingerprint density at radius 1 is 1.13 bits per heavy atom. The SMILES string of the molecule is CC(=CC(O)CCC(=O)O)CCC(=O)O. The third-order valence-corrected chi connectivity index (χ3v) is 1.86. The molecule has 3 N–H and O–H groups in total. The van der Waals surface area contributed by atoms with Crippen LogP contribution in [0.2, 0.25) is 0 Å². The van der Waals surface area contributed by atoms with E-state index in [9.17, 15) is 14.7 Å². The second-order valence-electron chi connectivity index (χ2n) is 3.41. The highest BCUT2D eigenvalue weighted by Gasteiger charge is 2.05. The third-order valence-electron chi connectivity index (χ3n) is 1.86. The van der Waals surface area contributed by atoms with E-state index in [1.165, 1.54) is 6.08 Å². The first-order valence-electron chi connectivity index (χ1n) is 4.70. The van der Waals surface area contributed by atoms with E-state index in [1.54, 1.807) is 6.92 Å². The maximum atomic E-state index is 10.2. The topological polar surface area (TPSA) is 94.8 Å². The molecule has 0 heterocycles. The van der Waals surface area contributed by atoms with E-state index in [0.29, 0.717) is 6.42 Å². The lowest BCUT2D eigenvalue weighted by Gasteiger charge is -2.05. The van der Waals surface area contributed by atoms with Crippen molar-refractivity contribution in [2.45, 2.75) is 38.7 Å². The quantitative estimate of drug-likeness (QED) is 0.552. The van der Waals surface area contributed by atoms with E-state index in [2.05, 4.69) is 0 Å². The van der Waals surface area contributed by atoms with Crippen LogP contribution in [0.25, 0.3) is 0 Å². The Labute approximate surface area is 88.0 Å². The monoisotopic (exact) mass is 216 g/mol. The van der Waals surface area contributed by atoms with Crippen molar-refractivity contribution in [2.75, 3.05) is 0 Å². The Morgan fingerprint density at radius 3 is 2.13 bits per heavy atom. The molecular formula is C10H16O5. The Kier molecular flexibility index (Phi) is 6.37. The van der Waals surface area contributed by atoms with Crippen LogP contribution in [0, 0.1) is 0 Å². The molecule has 5 heteroatoms. The van der Waals surface area contributed by atoms with Gasteiger partial charge in [-0.05, 0) is 19.8 Å². The van der Waals surface area contributed by atoms with Gasteiger partial charge >= 0.3 is 11.9 Å². The summed E-state index contributed by atoms with van der Waals surface area (Å²) < 4.78 is 0. The van der Waals surface area contributed by atoms with Crippen LogP contribution in [0.5, 0.6) is 0 Å². The molecule has 1 unspecified atom stereocenters. The lowest BCUT2D eigenvalue weighted by molar-refractivity contribution is -0.138. The molecule has 15 heavy (non-hydrogen) atoms. The van der Waals surface area contributed by atoms with Crippen LogP contribution in [0.4, 0.5) is 0 Å². The van der Waals surface area contributed by atoms with Crippen LogP contribution in [0.15, 0.2) is 11.6 Å². The molecular weight excluding hydrogens is 200 g/mol. The zero-order chi connectivity index (χ0) is 11.8. The molecule has 0 aliphatic heterocycles. The van der Waals surface area contributed by atoms with Crippen LogP contribution in [0.3, 0.4) is 0 Å². The van der Waals surface area contributed by atoms with Gasteiger partial charge in [0.1, 0.15) is 0 Å². The number of rotatable bonds is 7. The first-order valence-corrected chi connectivity index (χ1v) is 4.70. The van der Waals surface area contributed by atoms with Crippen LogP contribution in [-0.2, 0) is 9.59 Å². The largest absolute Gasteiger partial charge is 0.481 e. The summed E-state index contributed by atoms with van der Waals surface area (Å²) in [5.74, 6) is -1.84. The molecule has 0 bridgehead atoms. The van der Waals surface area contributed by atoms with E-state index in [-0.39, 0.29) is 19.3 Å². The lowest BCUT2D eigenvalue weighted by atomic mass is 10.1. The van der Waals surface area contributed by atoms with Gasteiger partial charge in [0.2, 0.25) is 0 Å². The van der Waals surface area contributed by atoms with Crippen molar-refractivity contribution in [1.29, 1.82) is 0 Å². The molecule has 0 aromatic carbocycles. The number of carbonyl (C=O) groups is 2. The fraction of sp³-hybridized carbons (Fsp3) is 0.600. The van der Waals surface area contributed by atoms with Gasteiger partial charge in [0.05, 0.1) is 6.10 Å². The molecule has 0 fully saturated rings. The first kappa shape index (κ1) is 13.6. The maximum absolute atomic E-state index is 10.2. The summed E-state index contributed by atoms with van der Waals surface area (Å²) in [6.45, 7) is 1.72. The van der Waals surface area contributed by atoms with Gasteiger partial charge in [-0.1, -0.05) is 11.6 Å². The first-order chi connectivity index (χ1) is 6.91. The van der Waals surface area contributed by atoms with Gasteiger partial charge < -0.3 is 15.3 Å². The maximum Gasteiger partial charge on any atom is 0.303 e. The van der Waals surface area contributed by atoms with Gasteiger partial charge in [0, 0.05) is 12.8 Å². The fourth-order valence-corrected chi connectivity index (χ4v) is 1.07. The smallest absolute Gasteiger partial charge is 0.303 e. The number of hydrogen-bond acceptors (Lipinski definition) is 3. The highest BCUT2D eigenvalue weighted by atomic mass is 16.4. The van der Waals surface area contributed by atoms with E-state index in [0.717, 1.165) is 5.57 Å². The number of aliphatic hydroxyl groups excluding tert-OH is 1. The molecule has 0 rings (SSSR count). The molecule has 86 valence electrons. The molecule has 0 saturated carbocycles.